The maximum atomic E-state index is 3.63. The number of rotatable bonds is 1. The summed E-state index contributed by atoms with van der Waals surface area (Å²) < 4.78 is 0. The second-order valence-electron chi connectivity index (χ2n) is 6.98. The van der Waals surface area contributed by atoms with Crippen molar-refractivity contribution in [2.24, 2.45) is 11.3 Å². The third-order valence-electron chi connectivity index (χ3n) is 5.49. The highest BCUT2D eigenvalue weighted by Crippen LogP contribution is 2.52. The zero-order chi connectivity index (χ0) is 13.3. The van der Waals surface area contributed by atoms with Crippen molar-refractivity contribution < 1.29 is 0 Å². The molecule has 19 heavy (non-hydrogen) atoms. The van der Waals surface area contributed by atoms with Crippen LogP contribution in [-0.4, -0.2) is 13.1 Å². The molecule has 3 atom stereocenters. The van der Waals surface area contributed by atoms with Crippen molar-refractivity contribution in [2.75, 3.05) is 13.1 Å². The van der Waals surface area contributed by atoms with Gasteiger partial charge in [-0.15, -0.1) is 0 Å². The molecule has 1 aliphatic carbocycles. The molecule has 0 radical (unpaired) electrons. The molecule has 1 N–H and O–H groups in total. The minimum Gasteiger partial charge on any atom is -0.316 e. The summed E-state index contributed by atoms with van der Waals surface area (Å²) in [6, 6.07) is 9.30. The Morgan fingerprint density at radius 1 is 1.16 bits per heavy atom. The Hall–Kier alpha value is -0.820. The summed E-state index contributed by atoms with van der Waals surface area (Å²) >= 11 is 0. The molecule has 3 unspecified atom stereocenters. The van der Waals surface area contributed by atoms with Crippen LogP contribution in [0.5, 0.6) is 0 Å². The van der Waals surface area contributed by atoms with Gasteiger partial charge in [0.15, 0.2) is 0 Å². The number of hydrogen-bond donors (Lipinski definition) is 1. The molecule has 0 bridgehead atoms. The van der Waals surface area contributed by atoms with Crippen molar-refractivity contribution in [2.45, 2.75) is 51.9 Å². The van der Waals surface area contributed by atoms with Crippen molar-refractivity contribution in [1.82, 2.24) is 5.32 Å². The maximum Gasteiger partial charge on any atom is 0.00255 e. The van der Waals surface area contributed by atoms with Crippen molar-refractivity contribution in [3.8, 4) is 0 Å². The Kier molecular flexibility index (Phi) is 3.66. The third-order valence-corrected chi connectivity index (χ3v) is 5.49. The lowest BCUT2D eigenvalue weighted by Gasteiger charge is -2.49. The fourth-order valence-electron chi connectivity index (χ4n) is 4.49. The molecule has 2 fully saturated rings. The molecule has 1 saturated carbocycles. The zero-order valence-electron chi connectivity index (χ0n) is 12.4. The molecule has 0 amide bonds. The van der Waals surface area contributed by atoms with Crippen LogP contribution in [0.15, 0.2) is 24.3 Å². The lowest BCUT2D eigenvalue weighted by atomic mass is 9.58. The highest BCUT2D eigenvalue weighted by atomic mass is 14.9. The Bertz CT molecular complexity index is 418. The lowest BCUT2D eigenvalue weighted by molar-refractivity contribution is 0.0757. The van der Waals surface area contributed by atoms with Gasteiger partial charge in [0, 0.05) is 12.5 Å². The number of piperidine rings is 1. The molecule has 1 aromatic rings. The summed E-state index contributed by atoms with van der Waals surface area (Å²) in [6.07, 6.45) is 7.12. The van der Waals surface area contributed by atoms with Gasteiger partial charge < -0.3 is 5.32 Å². The van der Waals surface area contributed by atoms with Crippen LogP contribution in [0.1, 0.15) is 56.1 Å². The van der Waals surface area contributed by atoms with E-state index >= 15 is 0 Å². The molecule has 1 spiro atoms. The molecule has 1 aromatic carbocycles. The van der Waals surface area contributed by atoms with Gasteiger partial charge in [-0.1, -0.05) is 49.6 Å². The first kappa shape index (κ1) is 13.2. The summed E-state index contributed by atoms with van der Waals surface area (Å²) in [7, 11) is 0. The summed E-state index contributed by atoms with van der Waals surface area (Å²) in [5, 5.41) is 3.63. The molecule has 2 aliphatic rings. The summed E-state index contributed by atoms with van der Waals surface area (Å²) in [5.41, 5.74) is 3.52. The number of hydrogen-bond acceptors (Lipinski definition) is 1. The zero-order valence-corrected chi connectivity index (χ0v) is 12.4. The van der Waals surface area contributed by atoms with E-state index in [1.54, 1.807) is 5.56 Å². The van der Waals surface area contributed by atoms with E-state index in [2.05, 4.69) is 43.4 Å². The second-order valence-corrected chi connectivity index (χ2v) is 6.98. The van der Waals surface area contributed by atoms with Crippen LogP contribution in [0, 0.1) is 18.3 Å². The minimum atomic E-state index is 0.582. The Morgan fingerprint density at radius 2 is 1.95 bits per heavy atom. The van der Waals surface area contributed by atoms with E-state index in [0.717, 1.165) is 11.8 Å². The summed E-state index contributed by atoms with van der Waals surface area (Å²) in [5.74, 6) is 1.64. The van der Waals surface area contributed by atoms with E-state index in [-0.39, 0.29) is 0 Å². The van der Waals surface area contributed by atoms with Gasteiger partial charge in [-0.2, -0.15) is 0 Å². The van der Waals surface area contributed by atoms with Crippen LogP contribution < -0.4 is 5.32 Å². The van der Waals surface area contributed by atoms with Crippen LogP contribution in [0.25, 0.3) is 0 Å². The molecule has 1 heteroatoms. The predicted molar refractivity (Wildman–Crippen MR) is 81.5 cm³/mol. The smallest absolute Gasteiger partial charge is 0.00255 e. The fraction of sp³-hybridized carbons (Fsp3) is 0.667. The van der Waals surface area contributed by atoms with E-state index in [0.29, 0.717) is 5.41 Å². The molecule has 1 aliphatic heterocycles. The van der Waals surface area contributed by atoms with Crippen LogP contribution in [-0.2, 0) is 0 Å². The van der Waals surface area contributed by atoms with Gasteiger partial charge in [0.25, 0.3) is 0 Å². The Morgan fingerprint density at radius 3 is 2.68 bits per heavy atom. The van der Waals surface area contributed by atoms with Crippen molar-refractivity contribution in [1.29, 1.82) is 0 Å². The average Bonchev–Trinajstić information content (AvgIpc) is 2.40. The van der Waals surface area contributed by atoms with Crippen LogP contribution in [0.2, 0.25) is 0 Å². The first-order valence-corrected chi connectivity index (χ1v) is 7.97. The molecular weight excluding hydrogens is 230 g/mol. The maximum absolute atomic E-state index is 3.63. The Balaban J connectivity index is 1.90. The number of aryl methyl sites for hydroxylation is 1. The van der Waals surface area contributed by atoms with E-state index in [4.69, 9.17) is 0 Å². The van der Waals surface area contributed by atoms with Crippen molar-refractivity contribution >= 4 is 0 Å². The van der Waals surface area contributed by atoms with Crippen LogP contribution in [0.3, 0.4) is 0 Å². The second kappa shape index (κ2) is 5.28. The largest absolute Gasteiger partial charge is 0.316 e. The van der Waals surface area contributed by atoms with E-state index in [1.807, 2.05) is 0 Å². The summed E-state index contributed by atoms with van der Waals surface area (Å²) in [6.45, 7) is 7.03. The van der Waals surface area contributed by atoms with E-state index in [9.17, 15) is 0 Å². The number of benzene rings is 1. The van der Waals surface area contributed by atoms with Crippen LogP contribution in [0.4, 0.5) is 0 Å². The van der Waals surface area contributed by atoms with Crippen molar-refractivity contribution in [3.05, 3.63) is 35.4 Å². The molecule has 3 rings (SSSR count). The van der Waals surface area contributed by atoms with E-state index in [1.165, 1.54) is 50.8 Å². The van der Waals surface area contributed by atoms with Gasteiger partial charge in [-0.05, 0) is 49.6 Å². The summed E-state index contributed by atoms with van der Waals surface area (Å²) in [4.78, 5) is 0. The van der Waals surface area contributed by atoms with Gasteiger partial charge in [-0.3, -0.25) is 0 Å². The van der Waals surface area contributed by atoms with Gasteiger partial charge in [0.05, 0.1) is 0 Å². The average molecular weight is 257 g/mol. The van der Waals surface area contributed by atoms with Crippen molar-refractivity contribution in [3.63, 3.8) is 0 Å². The first-order chi connectivity index (χ1) is 9.20. The molecule has 1 nitrogen and oxygen atoms in total. The van der Waals surface area contributed by atoms with Gasteiger partial charge in [-0.25, -0.2) is 0 Å². The lowest BCUT2D eigenvalue weighted by Crippen LogP contribution is -2.45. The van der Waals surface area contributed by atoms with Gasteiger partial charge in [0.2, 0.25) is 0 Å². The minimum absolute atomic E-state index is 0.582. The van der Waals surface area contributed by atoms with E-state index < -0.39 is 0 Å². The molecule has 104 valence electrons. The van der Waals surface area contributed by atoms with Gasteiger partial charge >= 0.3 is 0 Å². The SMILES string of the molecule is Cc1ccc(C2CNCCC23CCCC(C)C3)cc1. The molecule has 1 saturated heterocycles. The Labute approximate surface area is 117 Å². The molecule has 0 aromatic heterocycles. The monoisotopic (exact) mass is 257 g/mol. The standard InChI is InChI=1S/C18H27N/c1-14-5-7-16(8-6-14)17-13-19-11-10-18(17)9-3-4-15(2)12-18/h5-8,15,17,19H,3-4,9-13H2,1-2H3. The highest BCUT2D eigenvalue weighted by molar-refractivity contribution is 5.27. The predicted octanol–water partition coefficient (Wildman–Crippen LogP) is 4.27. The quantitative estimate of drug-likeness (QED) is 0.792. The highest BCUT2D eigenvalue weighted by Gasteiger charge is 2.43. The topological polar surface area (TPSA) is 12.0 Å². The molecular formula is C18H27N. The fourth-order valence-corrected chi connectivity index (χ4v) is 4.49. The number of nitrogens with one attached hydrogen (secondary N) is 1. The third kappa shape index (κ3) is 2.58. The van der Waals surface area contributed by atoms with Gasteiger partial charge in [0.1, 0.15) is 0 Å². The first-order valence-electron chi connectivity index (χ1n) is 7.97. The van der Waals surface area contributed by atoms with Crippen LogP contribution >= 0.6 is 0 Å². The normalized spacial score (nSPS) is 35.5. The molecule has 1 heterocycles.